The van der Waals surface area contributed by atoms with E-state index in [-0.39, 0.29) is 10.5 Å². The van der Waals surface area contributed by atoms with Crippen LogP contribution in [0.3, 0.4) is 0 Å². The normalized spacial score (nSPS) is 10.7. The third-order valence-electron chi connectivity index (χ3n) is 2.74. The highest BCUT2D eigenvalue weighted by atomic mass is 32.2. The lowest BCUT2D eigenvalue weighted by atomic mass is 10.1. The highest BCUT2D eigenvalue weighted by Gasteiger charge is 2.09. The number of aldehydes is 1. The van der Waals surface area contributed by atoms with E-state index in [0.717, 1.165) is 6.26 Å². The van der Waals surface area contributed by atoms with Crippen LogP contribution >= 0.6 is 0 Å². The van der Waals surface area contributed by atoms with E-state index >= 15 is 0 Å². The second kappa shape index (κ2) is 5.77. The third kappa shape index (κ3) is 3.46. The first kappa shape index (κ1) is 14.8. The van der Waals surface area contributed by atoms with Gasteiger partial charge in [-0.15, -0.1) is 0 Å². The molecular formula is C15H11NO4S. The maximum atomic E-state index is 11.4. The Morgan fingerprint density at radius 3 is 2.33 bits per heavy atom. The van der Waals surface area contributed by atoms with Crippen LogP contribution in [0.1, 0.15) is 15.9 Å². The molecule has 0 bridgehead atoms. The predicted molar refractivity (Wildman–Crippen MR) is 76.2 cm³/mol. The van der Waals surface area contributed by atoms with Crippen LogP contribution in [0.5, 0.6) is 11.5 Å². The summed E-state index contributed by atoms with van der Waals surface area (Å²) in [5.74, 6) is 0.702. The van der Waals surface area contributed by atoms with Crippen LogP contribution in [0.15, 0.2) is 47.4 Å². The zero-order valence-electron chi connectivity index (χ0n) is 11.1. The molecule has 0 aliphatic rings. The number of rotatable bonds is 4. The van der Waals surface area contributed by atoms with Crippen LogP contribution in [0.4, 0.5) is 0 Å². The summed E-state index contributed by atoms with van der Waals surface area (Å²) in [6.07, 6.45) is 1.76. The SMILES string of the molecule is CS(=O)(=O)c1ccc(Oc2ccc(C=O)cc2C#N)cc1. The Bertz CT molecular complexity index is 818. The number of carbonyl (C=O) groups is 1. The van der Waals surface area contributed by atoms with Crippen molar-refractivity contribution in [2.45, 2.75) is 4.90 Å². The van der Waals surface area contributed by atoms with Crippen molar-refractivity contribution in [3.63, 3.8) is 0 Å². The van der Waals surface area contributed by atoms with Crippen molar-refractivity contribution in [1.82, 2.24) is 0 Å². The van der Waals surface area contributed by atoms with Gasteiger partial charge in [0.1, 0.15) is 23.9 Å². The molecule has 5 nitrogen and oxygen atoms in total. The molecule has 0 N–H and O–H groups in total. The third-order valence-corrected chi connectivity index (χ3v) is 3.87. The van der Waals surface area contributed by atoms with Crippen LogP contribution in [-0.2, 0) is 9.84 Å². The molecule has 0 spiro atoms. The standard InChI is InChI=1S/C15H11NO4S/c1-21(18,19)14-5-3-13(4-6-14)20-15-7-2-11(10-17)8-12(15)9-16/h2-8,10H,1H3. The van der Waals surface area contributed by atoms with E-state index in [1.165, 1.54) is 42.5 Å². The Kier molecular flexibility index (Phi) is 4.05. The van der Waals surface area contributed by atoms with Gasteiger partial charge < -0.3 is 4.74 Å². The topological polar surface area (TPSA) is 84.2 Å². The summed E-state index contributed by atoms with van der Waals surface area (Å²) in [6, 6.07) is 12.3. The molecule has 0 atom stereocenters. The molecule has 0 saturated carbocycles. The smallest absolute Gasteiger partial charge is 0.175 e. The minimum absolute atomic E-state index is 0.187. The van der Waals surface area contributed by atoms with E-state index in [4.69, 9.17) is 10.00 Å². The minimum atomic E-state index is -3.26. The van der Waals surface area contributed by atoms with Crippen molar-refractivity contribution < 1.29 is 17.9 Å². The van der Waals surface area contributed by atoms with Gasteiger partial charge >= 0.3 is 0 Å². The van der Waals surface area contributed by atoms with Crippen LogP contribution in [0, 0.1) is 11.3 Å². The van der Waals surface area contributed by atoms with E-state index in [9.17, 15) is 13.2 Å². The summed E-state index contributed by atoms with van der Waals surface area (Å²) in [5.41, 5.74) is 0.609. The molecule has 0 unspecified atom stereocenters. The van der Waals surface area contributed by atoms with Gasteiger partial charge in [-0.3, -0.25) is 4.79 Å². The van der Waals surface area contributed by atoms with E-state index in [2.05, 4.69) is 0 Å². The van der Waals surface area contributed by atoms with Gasteiger partial charge in [0.2, 0.25) is 0 Å². The van der Waals surface area contributed by atoms with Gasteiger partial charge in [0, 0.05) is 11.8 Å². The zero-order valence-corrected chi connectivity index (χ0v) is 11.9. The van der Waals surface area contributed by atoms with Gasteiger partial charge in [-0.25, -0.2) is 8.42 Å². The Morgan fingerprint density at radius 2 is 1.81 bits per heavy atom. The summed E-state index contributed by atoms with van der Waals surface area (Å²) in [4.78, 5) is 10.9. The molecule has 2 rings (SSSR count). The number of sulfone groups is 1. The van der Waals surface area contributed by atoms with Gasteiger partial charge in [0.15, 0.2) is 9.84 Å². The molecular weight excluding hydrogens is 290 g/mol. The maximum Gasteiger partial charge on any atom is 0.175 e. The fourth-order valence-corrected chi connectivity index (χ4v) is 2.31. The van der Waals surface area contributed by atoms with E-state index in [1.807, 2.05) is 6.07 Å². The zero-order chi connectivity index (χ0) is 15.5. The second-order valence-electron chi connectivity index (χ2n) is 4.33. The number of nitriles is 1. The molecule has 0 aliphatic carbocycles. The van der Waals surface area contributed by atoms with E-state index in [0.29, 0.717) is 23.3 Å². The van der Waals surface area contributed by atoms with Gasteiger partial charge in [-0.2, -0.15) is 5.26 Å². The number of ether oxygens (including phenoxy) is 1. The molecule has 21 heavy (non-hydrogen) atoms. The van der Waals surface area contributed by atoms with E-state index in [1.54, 1.807) is 0 Å². The van der Waals surface area contributed by atoms with Crippen molar-refractivity contribution in [2.75, 3.05) is 6.26 Å². The summed E-state index contributed by atoms with van der Waals surface area (Å²) < 4.78 is 28.2. The Hall–Kier alpha value is -2.65. The molecule has 0 fully saturated rings. The minimum Gasteiger partial charge on any atom is -0.456 e. The van der Waals surface area contributed by atoms with Crippen molar-refractivity contribution in [3.05, 3.63) is 53.6 Å². The number of carbonyl (C=O) groups excluding carboxylic acids is 1. The number of nitrogens with zero attached hydrogens (tertiary/aromatic N) is 1. The second-order valence-corrected chi connectivity index (χ2v) is 6.35. The lowest BCUT2D eigenvalue weighted by molar-refractivity contribution is 0.112. The fourth-order valence-electron chi connectivity index (χ4n) is 1.68. The monoisotopic (exact) mass is 301 g/mol. The molecule has 6 heteroatoms. The van der Waals surface area contributed by atoms with Gasteiger partial charge in [0.25, 0.3) is 0 Å². The molecule has 106 valence electrons. The highest BCUT2D eigenvalue weighted by Crippen LogP contribution is 2.26. The highest BCUT2D eigenvalue weighted by molar-refractivity contribution is 7.90. The first-order valence-electron chi connectivity index (χ1n) is 5.91. The molecule has 2 aromatic rings. The molecule has 0 saturated heterocycles. The summed E-state index contributed by atoms with van der Waals surface area (Å²) in [5, 5.41) is 9.04. The summed E-state index contributed by atoms with van der Waals surface area (Å²) >= 11 is 0. The summed E-state index contributed by atoms with van der Waals surface area (Å²) in [7, 11) is -3.26. The number of hydrogen-bond donors (Lipinski definition) is 0. The Labute approximate surface area is 122 Å². The number of hydrogen-bond acceptors (Lipinski definition) is 5. The van der Waals surface area contributed by atoms with Gasteiger partial charge in [-0.05, 0) is 42.5 Å². The largest absolute Gasteiger partial charge is 0.456 e. The van der Waals surface area contributed by atoms with Crippen LogP contribution in [0.25, 0.3) is 0 Å². The van der Waals surface area contributed by atoms with Gasteiger partial charge in [0.05, 0.1) is 10.5 Å². The van der Waals surface area contributed by atoms with Crippen LogP contribution in [0.2, 0.25) is 0 Å². The average molecular weight is 301 g/mol. The first-order valence-corrected chi connectivity index (χ1v) is 7.80. The predicted octanol–water partition coefficient (Wildman–Crippen LogP) is 2.57. The quantitative estimate of drug-likeness (QED) is 0.810. The Balaban J connectivity index is 2.31. The number of benzene rings is 2. The van der Waals surface area contributed by atoms with Gasteiger partial charge in [-0.1, -0.05) is 0 Å². The lowest BCUT2D eigenvalue weighted by Gasteiger charge is -2.08. The maximum absolute atomic E-state index is 11.4. The van der Waals surface area contributed by atoms with Crippen molar-refractivity contribution in [3.8, 4) is 17.6 Å². The molecule has 2 aromatic carbocycles. The van der Waals surface area contributed by atoms with Crippen LogP contribution in [-0.4, -0.2) is 21.0 Å². The molecule has 0 radical (unpaired) electrons. The molecule has 0 heterocycles. The molecule has 0 aliphatic heterocycles. The van der Waals surface area contributed by atoms with Crippen molar-refractivity contribution in [1.29, 1.82) is 5.26 Å². The van der Waals surface area contributed by atoms with Crippen molar-refractivity contribution in [2.24, 2.45) is 0 Å². The first-order chi connectivity index (χ1) is 9.94. The Morgan fingerprint density at radius 1 is 1.14 bits per heavy atom. The van der Waals surface area contributed by atoms with E-state index < -0.39 is 9.84 Å². The summed E-state index contributed by atoms with van der Waals surface area (Å²) in [6.45, 7) is 0. The molecule has 0 amide bonds. The van der Waals surface area contributed by atoms with Crippen molar-refractivity contribution >= 4 is 16.1 Å². The molecule has 0 aromatic heterocycles. The fraction of sp³-hybridized carbons (Fsp3) is 0.0667. The van der Waals surface area contributed by atoms with Crippen LogP contribution < -0.4 is 4.74 Å². The average Bonchev–Trinajstić information content (AvgIpc) is 2.47. The lowest BCUT2D eigenvalue weighted by Crippen LogP contribution is -1.96.